The highest BCUT2D eigenvalue weighted by Crippen LogP contribution is 2.26. The number of aryl methyl sites for hydroxylation is 1. The molecule has 0 saturated heterocycles. The van der Waals surface area contributed by atoms with Crippen LogP contribution >= 0.6 is 11.3 Å². The van der Waals surface area contributed by atoms with E-state index in [1.165, 1.54) is 6.07 Å². The van der Waals surface area contributed by atoms with Gasteiger partial charge in [0.2, 0.25) is 0 Å². The first kappa shape index (κ1) is 20.9. The summed E-state index contributed by atoms with van der Waals surface area (Å²) in [6.45, 7) is 3.87. The molecule has 1 unspecified atom stereocenters. The second kappa shape index (κ2) is 8.67. The first-order valence-electron chi connectivity index (χ1n) is 8.92. The van der Waals surface area contributed by atoms with Crippen LogP contribution in [-0.4, -0.2) is 21.4 Å². The fourth-order valence-corrected chi connectivity index (χ4v) is 4.91. The zero-order chi connectivity index (χ0) is 21.0. The summed E-state index contributed by atoms with van der Waals surface area (Å²) in [5.41, 5.74) is 2.79. The molecule has 6 nitrogen and oxygen atoms in total. The predicted octanol–water partition coefficient (Wildman–Crippen LogP) is 4.36. The third-order valence-corrected chi connectivity index (χ3v) is 7.14. The summed E-state index contributed by atoms with van der Waals surface area (Å²) >= 11 is 1.14. The standard InChI is InChI=1S/C21H22N2O4S2/c1-14-6-11-19(27-3)18(13-14)15(2)22-21(24)16-7-9-17(10-8-16)23-29(25,26)20-5-4-12-28-20/h4-13,15,23H,1-3H3,(H,22,24). The highest BCUT2D eigenvalue weighted by atomic mass is 32.2. The predicted molar refractivity (Wildman–Crippen MR) is 115 cm³/mol. The van der Waals surface area contributed by atoms with E-state index in [9.17, 15) is 13.2 Å². The van der Waals surface area contributed by atoms with Crippen LogP contribution in [0.1, 0.15) is 34.5 Å². The molecule has 1 aromatic heterocycles. The van der Waals surface area contributed by atoms with Gasteiger partial charge in [-0.25, -0.2) is 8.42 Å². The topological polar surface area (TPSA) is 84.5 Å². The van der Waals surface area contributed by atoms with Gasteiger partial charge in [0.15, 0.2) is 0 Å². The Labute approximate surface area is 174 Å². The molecule has 1 atom stereocenters. The summed E-state index contributed by atoms with van der Waals surface area (Å²) in [7, 11) is -2.02. The molecule has 29 heavy (non-hydrogen) atoms. The molecular formula is C21H22N2O4S2. The lowest BCUT2D eigenvalue weighted by Crippen LogP contribution is -2.27. The van der Waals surface area contributed by atoms with Gasteiger partial charge in [0, 0.05) is 16.8 Å². The molecule has 0 saturated carbocycles. The zero-order valence-electron chi connectivity index (χ0n) is 16.3. The van der Waals surface area contributed by atoms with Gasteiger partial charge in [-0.05, 0) is 55.6 Å². The first-order valence-corrected chi connectivity index (χ1v) is 11.3. The summed E-state index contributed by atoms with van der Waals surface area (Å²) in [5.74, 6) is 0.454. The fraction of sp³-hybridized carbons (Fsp3) is 0.190. The van der Waals surface area contributed by atoms with E-state index in [0.717, 1.165) is 22.5 Å². The summed E-state index contributed by atoms with van der Waals surface area (Å²) in [6.07, 6.45) is 0. The molecule has 0 fully saturated rings. The van der Waals surface area contributed by atoms with E-state index in [0.29, 0.717) is 17.0 Å². The summed E-state index contributed by atoms with van der Waals surface area (Å²) in [5, 5.41) is 4.65. The largest absolute Gasteiger partial charge is 0.496 e. The molecule has 0 aliphatic rings. The number of carbonyl (C=O) groups is 1. The van der Waals surface area contributed by atoms with Gasteiger partial charge in [0.25, 0.3) is 15.9 Å². The maximum atomic E-state index is 12.6. The number of thiophene rings is 1. The SMILES string of the molecule is COc1ccc(C)cc1C(C)NC(=O)c1ccc(NS(=O)(=O)c2cccs2)cc1. The highest BCUT2D eigenvalue weighted by Gasteiger charge is 2.17. The molecule has 2 N–H and O–H groups in total. The molecule has 0 radical (unpaired) electrons. The summed E-state index contributed by atoms with van der Waals surface area (Å²) in [4.78, 5) is 12.6. The van der Waals surface area contributed by atoms with Crippen molar-refractivity contribution in [3.8, 4) is 5.75 Å². The van der Waals surface area contributed by atoms with Gasteiger partial charge in [-0.1, -0.05) is 23.8 Å². The van der Waals surface area contributed by atoms with E-state index in [2.05, 4.69) is 10.0 Å². The van der Waals surface area contributed by atoms with Gasteiger partial charge in [-0.3, -0.25) is 9.52 Å². The van der Waals surface area contributed by atoms with Crippen LogP contribution in [0, 0.1) is 6.92 Å². The Hall–Kier alpha value is -2.84. The number of benzene rings is 2. The Kier molecular flexibility index (Phi) is 6.24. The lowest BCUT2D eigenvalue weighted by Gasteiger charge is -2.18. The molecule has 1 heterocycles. The molecule has 2 aromatic carbocycles. The maximum absolute atomic E-state index is 12.6. The number of sulfonamides is 1. The minimum Gasteiger partial charge on any atom is -0.496 e. The van der Waals surface area contributed by atoms with Crippen LogP contribution in [0.4, 0.5) is 5.69 Å². The van der Waals surface area contributed by atoms with E-state index < -0.39 is 10.0 Å². The number of rotatable bonds is 7. The van der Waals surface area contributed by atoms with Gasteiger partial charge in [-0.15, -0.1) is 11.3 Å². The Morgan fingerprint density at radius 2 is 1.83 bits per heavy atom. The zero-order valence-corrected chi connectivity index (χ0v) is 17.9. The molecule has 8 heteroatoms. The first-order chi connectivity index (χ1) is 13.8. The Morgan fingerprint density at radius 3 is 2.45 bits per heavy atom. The van der Waals surface area contributed by atoms with Crippen LogP contribution in [0.5, 0.6) is 5.75 Å². The summed E-state index contributed by atoms with van der Waals surface area (Å²) in [6, 6.07) is 15.1. The van der Waals surface area contributed by atoms with Crippen LogP contribution in [-0.2, 0) is 10.0 Å². The number of anilines is 1. The van der Waals surface area contributed by atoms with Crippen molar-refractivity contribution in [2.24, 2.45) is 0 Å². The molecular weight excluding hydrogens is 408 g/mol. The van der Waals surface area contributed by atoms with Crippen LogP contribution < -0.4 is 14.8 Å². The highest BCUT2D eigenvalue weighted by molar-refractivity contribution is 7.94. The minimum absolute atomic E-state index is 0.236. The molecule has 0 spiro atoms. The van der Waals surface area contributed by atoms with Gasteiger partial charge in [0.1, 0.15) is 9.96 Å². The van der Waals surface area contributed by atoms with Crippen LogP contribution in [0.25, 0.3) is 0 Å². The Balaban J connectivity index is 1.70. The van der Waals surface area contributed by atoms with Crippen LogP contribution in [0.15, 0.2) is 64.2 Å². The molecule has 1 amide bonds. The molecule has 152 valence electrons. The van der Waals surface area contributed by atoms with Crippen molar-refractivity contribution in [2.45, 2.75) is 24.1 Å². The third-order valence-electron chi connectivity index (χ3n) is 4.36. The second-order valence-corrected chi connectivity index (χ2v) is 9.41. The van der Waals surface area contributed by atoms with E-state index in [-0.39, 0.29) is 16.2 Å². The van der Waals surface area contributed by atoms with Crippen LogP contribution in [0.2, 0.25) is 0 Å². The van der Waals surface area contributed by atoms with Crippen molar-refractivity contribution in [3.63, 3.8) is 0 Å². The van der Waals surface area contributed by atoms with Crippen LogP contribution in [0.3, 0.4) is 0 Å². The second-order valence-electron chi connectivity index (χ2n) is 6.56. The van der Waals surface area contributed by atoms with Crippen molar-refractivity contribution < 1.29 is 17.9 Å². The fourth-order valence-electron chi connectivity index (χ4n) is 2.86. The Bertz CT molecular complexity index is 1090. The number of amides is 1. The Morgan fingerprint density at radius 1 is 1.10 bits per heavy atom. The van der Waals surface area contributed by atoms with Crippen molar-refractivity contribution >= 4 is 33.0 Å². The molecule has 3 rings (SSSR count). The van der Waals surface area contributed by atoms with Crippen molar-refractivity contribution in [3.05, 3.63) is 76.7 Å². The van der Waals surface area contributed by atoms with E-state index in [4.69, 9.17) is 4.74 Å². The lowest BCUT2D eigenvalue weighted by molar-refractivity contribution is 0.0939. The van der Waals surface area contributed by atoms with Gasteiger partial charge in [-0.2, -0.15) is 0 Å². The van der Waals surface area contributed by atoms with Crippen molar-refractivity contribution in [2.75, 3.05) is 11.8 Å². The number of hydrogen-bond donors (Lipinski definition) is 2. The quantitative estimate of drug-likeness (QED) is 0.583. The average Bonchev–Trinajstić information content (AvgIpc) is 3.24. The van der Waals surface area contributed by atoms with E-state index in [1.807, 2.05) is 32.0 Å². The molecule has 0 aliphatic heterocycles. The third kappa shape index (κ3) is 4.96. The number of methoxy groups -OCH3 is 1. The van der Waals surface area contributed by atoms with Gasteiger partial charge in [0.05, 0.1) is 13.2 Å². The number of hydrogen-bond acceptors (Lipinski definition) is 5. The lowest BCUT2D eigenvalue weighted by atomic mass is 10.0. The minimum atomic E-state index is -3.62. The molecule has 3 aromatic rings. The average molecular weight is 431 g/mol. The van der Waals surface area contributed by atoms with E-state index >= 15 is 0 Å². The van der Waals surface area contributed by atoms with Crippen molar-refractivity contribution in [1.82, 2.24) is 5.32 Å². The van der Waals surface area contributed by atoms with Gasteiger partial charge >= 0.3 is 0 Å². The molecule has 0 bridgehead atoms. The monoisotopic (exact) mass is 430 g/mol. The smallest absolute Gasteiger partial charge is 0.271 e. The van der Waals surface area contributed by atoms with Gasteiger partial charge < -0.3 is 10.1 Å². The van der Waals surface area contributed by atoms with Crippen molar-refractivity contribution in [1.29, 1.82) is 0 Å². The molecule has 0 aliphatic carbocycles. The normalized spacial score (nSPS) is 12.2. The number of carbonyl (C=O) groups excluding carboxylic acids is 1. The maximum Gasteiger partial charge on any atom is 0.271 e. The van der Waals surface area contributed by atoms with E-state index in [1.54, 1.807) is 42.8 Å². The number of nitrogens with one attached hydrogen (secondary N) is 2. The summed E-state index contributed by atoms with van der Waals surface area (Å²) < 4.78 is 32.7. The number of ether oxygens (including phenoxy) is 1.